The maximum absolute atomic E-state index is 13.5. The summed E-state index contributed by atoms with van der Waals surface area (Å²) >= 11 is 0. The first-order valence-electron chi connectivity index (χ1n) is 12.3. The highest BCUT2D eigenvalue weighted by Gasteiger charge is 2.47. The molecule has 6 heteroatoms. The molecule has 1 aromatic heterocycles. The number of pyridine rings is 1. The predicted octanol–water partition coefficient (Wildman–Crippen LogP) is 5.76. The Balaban J connectivity index is 0.000000608. The fourth-order valence-corrected chi connectivity index (χ4v) is 4.41. The summed E-state index contributed by atoms with van der Waals surface area (Å²) in [7, 11) is 1.59. The summed E-state index contributed by atoms with van der Waals surface area (Å²) in [6.45, 7) is 4.42. The van der Waals surface area contributed by atoms with Crippen molar-refractivity contribution >= 4 is 16.8 Å². The molecular weight excluding hydrogens is 453 g/mol. The van der Waals surface area contributed by atoms with Gasteiger partial charge in [-0.15, -0.1) is 0 Å². The van der Waals surface area contributed by atoms with Crippen molar-refractivity contribution < 1.29 is 13.9 Å². The highest BCUT2D eigenvalue weighted by molar-refractivity contribution is 5.98. The molecule has 1 aliphatic heterocycles. The number of hydrogen-bond donors (Lipinski definition) is 2. The van der Waals surface area contributed by atoms with Crippen molar-refractivity contribution in [3.63, 3.8) is 0 Å². The molecule has 1 saturated heterocycles. The first-order valence-corrected chi connectivity index (χ1v) is 12.3. The van der Waals surface area contributed by atoms with Crippen molar-refractivity contribution in [2.75, 3.05) is 20.2 Å². The first-order chi connectivity index (χ1) is 17.5. The van der Waals surface area contributed by atoms with Gasteiger partial charge in [-0.25, -0.2) is 4.39 Å². The Kier molecular flexibility index (Phi) is 6.70. The van der Waals surface area contributed by atoms with E-state index in [1.54, 1.807) is 31.5 Å². The second-order valence-electron chi connectivity index (χ2n) is 9.42. The lowest BCUT2D eigenvalue weighted by Crippen LogP contribution is -2.35. The molecule has 4 aromatic rings. The molecule has 1 saturated carbocycles. The SMILES string of the molecule is C1CNC1.COc1ccc(C)c(C(=O)NC2(c3cc(-c4ccc(F)cc4)cc4ncccc34)CC2)c1. The van der Waals surface area contributed by atoms with E-state index < -0.39 is 5.54 Å². The van der Waals surface area contributed by atoms with Gasteiger partial charge in [0.05, 0.1) is 18.2 Å². The number of fused-ring (bicyclic) bond motifs is 1. The molecule has 5 nitrogen and oxygen atoms in total. The lowest BCUT2D eigenvalue weighted by molar-refractivity contribution is 0.0930. The van der Waals surface area contributed by atoms with Crippen molar-refractivity contribution in [2.24, 2.45) is 0 Å². The maximum Gasteiger partial charge on any atom is 0.252 e. The molecule has 0 spiro atoms. The van der Waals surface area contributed by atoms with Crippen molar-refractivity contribution in [1.82, 2.24) is 15.6 Å². The zero-order chi connectivity index (χ0) is 25.1. The van der Waals surface area contributed by atoms with Gasteiger partial charge < -0.3 is 15.4 Å². The predicted molar refractivity (Wildman–Crippen MR) is 141 cm³/mol. The molecular formula is C30H30FN3O2. The van der Waals surface area contributed by atoms with E-state index in [2.05, 4.69) is 21.7 Å². The number of ether oxygens (including phenoxy) is 1. The number of methoxy groups -OCH3 is 1. The standard InChI is InChI=1S/C27H23FN2O2.C3H7N/c1-17-5-10-21(32-2)16-23(17)26(31)30-27(11-12-27)24-14-19(18-6-8-20(28)9-7-18)15-25-22(24)4-3-13-29-25;1-2-4-3-1/h3-10,13-16H,11-12H2,1-2H3,(H,30,31);4H,1-3H2. The topological polar surface area (TPSA) is 63.2 Å². The van der Waals surface area contributed by atoms with Crippen molar-refractivity contribution in [3.05, 3.63) is 95.4 Å². The Morgan fingerprint density at radius 2 is 1.75 bits per heavy atom. The van der Waals surface area contributed by atoms with Crippen LogP contribution >= 0.6 is 0 Å². The molecule has 6 rings (SSSR count). The van der Waals surface area contributed by atoms with E-state index >= 15 is 0 Å². The average Bonchev–Trinajstić information content (AvgIpc) is 3.63. The monoisotopic (exact) mass is 483 g/mol. The first kappa shape index (κ1) is 23.9. The fraction of sp³-hybridized carbons (Fsp3) is 0.267. The third-order valence-electron chi connectivity index (χ3n) is 6.91. The number of hydrogen-bond acceptors (Lipinski definition) is 4. The van der Waals surface area contributed by atoms with Gasteiger partial charge in [-0.2, -0.15) is 0 Å². The quantitative estimate of drug-likeness (QED) is 0.379. The van der Waals surface area contributed by atoms with E-state index in [9.17, 15) is 9.18 Å². The van der Waals surface area contributed by atoms with Crippen LogP contribution in [0, 0.1) is 12.7 Å². The molecule has 2 aliphatic rings. The van der Waals surface area contributed by atoms with Gasteiger partial charge in [0, 0.05) is 17.1 Å². The summed E-state index contributed by atoms with van der Waals surface area (Å²) in [6.07, 6.45) is 4.84. The van der Waals surface area contributed by atoms with E-state index in [0.717, 1.165) is 46.0 Å². The number of halogens is 1. The Labute approximate surface area is 210 Å². The molecule has 2 heterocycles. The van der Waals surface area contributed by atoms with Gasteiger partial charge in [-0.05, 0) is 104 Å². The average molecular weight is 484 g/mol. The molecule has 36 heavy (non-hydrogen) atoms. The number of carbonyl (C=O) groups is 1. The van der Waals surface area contributed by atoms with Crippen LogP contribution in [0.5, 0.6) is 5.75 Å². The van der Waals surface area contributed by atoms with Gasteiger partial charge in [-0.1, -0.05) is 24.3 Å². The molecule has 1 aliphatic carbocycles. The normalized spacial score (nSPS) is 15.3. The molecule has 0 atom stereocenters. The minimum absolute atomic E-state index is 0.122. The van der Waals surface area contributed by atoms with Crippen LogP contribution < -0.4 is 15.4 Å². The number of rotatable bonds is 5. The van der Waals surface area contributed by atoms with E-state index in [1.165, 1.54) is 31.6 Å². The second kappa shape index (κ2) is 10.1. The smallest absolute Gasteiger partial charge is 0.252 e. The molecule has 1 amide bonds. The fourth-order valence-electron chi connectivity index (χ4n) is 4.41. The number of benzene rings is 3. The van der Waals surface area contributed by atoms with Gasteiger partial charge in [0.25, 0.3) is 5.91 Å². The third-order valence-corrected chi connectivity index (χ3v) is 6.91. The highest BCUT2D eigenvalue weighted by Crippen LogP contribution is 2.49. The van der Waals surface area contributed by atoms with E-state index in [4.69, 9.17) is 4.74 Å². The lowest BCUT2D eigenvalue weighted by atomic mass is 9.93. The van der Waals surface area contributed by atoms with E-state index in [0.29, 0.717) is 11.3 Å². The zero-order valence-electron chi connectivity index (χ0n) is 20.6. The van der Waals surface area contributed by atoms with Crippen LogP contribution in [0.4, 0.5) is 4.39 Å². The van der Waals surface area contributed by atoms with Crippen molar-refractivity contribution in [2.45, 2.75) is 31.7 Å². The summed E-state index contributed by atoms with van der Waals surface area (Å²) in [5, 5.41) is 7.41. The number of amides is 1. The van der Waals surface area contributed by atoms with Gasteiger partial charge in [0.2, 0.25) is 0 Å². The van der Waals surface area contributed by atoms with E-state index in [1.807, 2.05) is 37.3 Å². The summed E-state index contributed by atoms with van der Waals surface area (Å²) in [4.78, 5) is 17.8. The molecule has 2 N–H and O–H groups in total. The van der Waals surface area contributed by atoms with Gasteiger partial charge in [0.15, 0.2) is 0 Å². The lowest BCUT2D eigenvalue weighted by Gasteiger charge is -2.22. The van der Waals surface area contributed by atoms with Crippen LogP contribution in [0.2, 0.25) is 0 Å². The third kappa shape index (κ3) is 4.95. The molecule has 3 aromatic carbocycles. The van der Waals surface area contributed by atoms with E-state index in [-0.39, 0.29) is 11.7 Å². The number of aryl methyl sites for hydroxylation is 1. The second-order valence-corrected chi connectivity index (χ2v) is 9.42. The Bertz CT molecular complexity index is 1390. The van der Waals surface area contributed by atoms with Crippen LogP contribution in [0.15, 0.2) is 72.9 Å². The molecule has 2 fully saturated rings. The van der Waals surface area contributed by atoms with Gasteiger partial charge >= 0.3 is 0 Å². The van der Waals surface area contributed by atoms with Crippen LogP contribution in [-0.2, 0) is 5.54 Å². The van der Waals surface area contributed by atoms with Crippen molar-refractivity contribution in [3.8, 4) is 16.9 Å². The number of nitrogens with one attached hydrogen (secondary N) is 2. The van der Waals surface area contributed by atoms with Crippen LogP contribution in [0.1, 0.15) is 40.7 Å². The zero-order valence-corrected chi connectivity index (χ0v) is 20.6. The molecule has 184 valence electrons. The Hall–Kier alpha value is -3.77. The summed E-state index contributed by atoms with van der Waals surface area (Å²) in [5.41, 5.74) is 4.79. The molecule has 0 bridgehead atoms. The maximum atomic E-state index is 13.5. The van der Waals surface area contributed by atoms with Gasteiger partial charge in [0.1, 0.15) is 11.6 Å². The number of nitrogens with zero attached hydrogens (tertiary/aromatic N) is 1. The summed E-state index contributed by atoms with van der Waals surface area (Å²) in [6, 6.07) is 20.0. The van der Waals surface area contributed by atoms with Gasteiger partial charge in [-0.3, -0.25) is 9.78 Å². The molecule has 0 radical (unpaired) electrons. The largest absolute Gasteiger partial charge is 0.497 e. The van der Waals surface area contributed by atoms with Crippen LogP contribution in [-0.4, -0.2) is 31.1 Å². The van der Waals surface area contributed by atoms with Crippen LogP contribution in [0.25, 0.3) is 22.0 Å². The van der Waals surface area contributed by atoms with Crippen LogP contribution in [0.3, 0.4) is 0 Å². The highest BCUT2D eigenvalue weighted by atomic mass is 19.1. The minimum Gasteiger partial charge on any atom is -0.497 e. The van der Waals surface area contributed by atoms with Crippen molar-refractivity contribution in [1.29, 1.82) is 0 Å². The number of carbonyl (C=O) groups excluding carboxylic acids is 1. The number of aromatic nitrogens is 1. The minimum atomic E-state index is -0.454. The molecule has 0 unspecified atom stereocenters. The Morgan fingerprint density at radius 3 is 2.39 bits per heavy atom. The summed E-state index contributed by atoms with van der Waals surface area (Å²) < 4.78 is 18.8. The Morgan fingerprint density at radius 1 is 1.03 bits per heavy atom. The summed E-state index contributed by atoms with van der Waals surface area (Å²) in [5.74, 6) is 0.258.